The van der Waals surface area contributed by atoms with Crippen LogP contribution in [0.3, 0.4) is 0 Å². The number of halogens is 1. The number of hydrogen-bond acceptors (Lipinski definition) is 2. The minimum atomic E-state index is 0.264. The van der Waals surface area contributed by atoms with E-state index in [-0.39, 0.29) is 5.91 Å². The summed E-state index contributed by atoms with van der Waals surface area (Å²) in [5.74, 6) is 0.264. The maximum absolute atomic E-state index is 11.6. The second-order valence-corrected chi connectivity index (χ2v) is 5.11. The van der Waals surface area contributed by atoms with E-state index in [9.17, 15) is 4.79 Å². The van der Waals surface area contributed by atoms with Crippen molar-refractivity contribution in [3.8, 4) is 0 Å². The summed E-state index contributed by atoms with van der Waals surface area (Å²) in [6, 6.07) is 8.33. The molecule has 1 fully saturated rings. The lowest BCUT2D eigenvalue weighted by Crippen LogP contribution is -2.48. The highest BCUT2D eigenvalue weighted by Crippen LogP contribution is 2.19. The molecule has 0 spiro atoms. The van der Waals surface area contributed by atoms with Crippen LogP contribution >= 0.6 is 15.9 Å². The molecule has 0 bridgehead atoms. The van der Waals surface area contributed by atoms with Gasteiger partial charge in [-0.15, -0.1) is 0 Å². The fraction of sp³-hybridized carbons (Fsp3) is 0.462. The average Bonchev–Trinajstić information content (AvgIpc) is 2.39. The van der Waals surface area contributed by atoms with Gasteiger partial charge < -0.3 is 9.80 Å². The van der Waals surface area contributed by atoms with Gasteiger partial charge in [0.15, 0.2) is 0 Å². The highest BCUT2D eigenvalue weighted by Gasteiger charge is 2.19. The van der Waals surface area contributed by atoms with Crippen LogP contribution in [0.25, 0.3) is 0 Å². The third-order valence-corrected chi connectivity index (χ3v) is 3.66. The van der Waals surface area contributed by atoms with Gasteiger partial charge in [0, 0.05) is 42.8 Å². The molecule has 0 radical (unpaired) electrons. The second kappa shape index (κ2) is 5.54. The third-order valence-electron chi connectivity index (χ3n) is 3.13. The number of carbonyl (C=O) groups excluding carboxylic acids is 1. The molecule has 1 saturated heterocycles. The first-order valence-electron chi connectivity index (χ1n) is 5.99. The Hall–Kier alpha value is -1.03. The minimum Gasteiger partial charge on any atom is -0.368 e. The molecule has 1 amide bonds. The lowest BCUT2D eigenvalue weighted by molar-refractivity contribution is -0.131. The Morgan fingerprint density at radius 3 is 2.29 bits per heavy atom. The molecule has 1 aliphatic heterocycles. The van der Waals surface area contributed by atoms with E-state index in [2.05, 4.69) is 45.1 Å². The quantitative estimate of drug-likeness (QED) is 0.837. The zero-order valence-electron chi connectivity index (χ0n) is 10.0. The van der Waals surface area contributed by atoms with Crippen molar-refractivity contribution >= 4 is 27.5 Å². The molecule has 0 aromatic heterocycles. The Morgan fingerprint density at radius 2 is 1.76 bits per heavy atom. The molecule has 0 aliphatic carbocycles. The van der Waals surface area contributed by atoms with E-state index < -0.39 is 0 Å². The largest absolute Gasteiger partial charge is 0.368 e. The van der Waals surface area contributed by atoms with Crippen LogP contribution in [0.15, 0.2) is 28.7 Å². The van der Waals surface area contributed by atoms with Gasteiger partial charge >= 0.3 is 0 Å². The summed E-state index contributed by atoms with van der Waals surface area (Å²) in [4.78, 5) is 15.8. The van der Waals surface area contributed by atoms with Crippen molar-refractivity contribution in [2.24, 2.45) is 0 Å². The van der Waals surface area contributed by atoms with Gasteiger partial charge in [-0.25, -0.2) is 0 Å². The van der Waals surface area contributed by atoms with Crippen molar-refractivity contribution in [2.75, 3.05) is 31.1 Å². The second-order valence-electron chi connectivity index (χ2n) is 4.20. The van der Waals surface area contributed by atoms with Crippen molar-refractivity contribution in [1.29, 1.82) is 0 Å². The molecule has 1 heterocycles. The fourth-order valence-electron chi connectivity index (χ4n) is 2.09. The summed E-state index contributed by atoms with van der Waals surface area (Å²) in [7, 11) is 0. The normalized spacial score (nSPS) is 16.1. The Bertz CT molecular complexity index is 383. The molecule has 0 unspecified atom stereocenters. The van der Waals surface area contributed by atoms with E-state index in [0.717, 1.165) is 30.7 Å². The highest BCUT2D eigenvalue weighted by molar-refractivity contribution is 9.10. The van der Waals surface area contributed by atoms with E-state index in [0.29, 0.717) is 6.42 Å². The zero-order valence-corrected chi connectivity index (χ0v) is 11.6. The molecule has 92 valence electrons. The number of rotatable bonds is 2. The molecule has 17 heavy (non-hydrogen) atoms. The van der Waals surface area contributed by atoms with Crippen LogP contribution < -0.4 is 4.90 Å². The molecular weight excluding hydrogens is 280 g/mol. The van der Waals surface area contributed by atoms with Gasteiger partial charge in [-0.3, -0.25) is 4.79 Å². The van der Waals surface area contributed by atoms with E-state index >= 15 is 0 Å². The molecule has 0 saturated carbocycles. The summed E-state index contributed by atoms with van der Waals surface area (Å²) in [5, 5.41) is 0. The van der Waals surface area contributed by atoms with Gasteiger partial charge in [-0.1, -0.05) is 22.9 Å². The van der Waals surface area contributed by atoms with Gasteiger partial charge in [0.25, 0.3) is 0 Å². The number of anilines is 1. The molecule has 1 aliphatic rings. The molecule has 0 N–H and O–H groups in total. The van der Waals surface area contributed by atoms with Gasteiger partial charge in [-0.2, -0.15) is 0 Å². The monoisotopic (exact) mass is 296 g/mol. The van der Waals surface area contributed by atoms with Crippen molar-refractivity contribution in [1.82, 2.24) is 4.90 Å². The zero-order chi connectivity index (χ0) is 12.3. The van der Waals surface area contributed by atoms with Crippen LogP contribution in [0.5, 0.6) is 0 Å². The van der Waals surface area contributed by atoms with Crippen LogP contribution in [0.1, 0.15) is 13.3 Å². The maximum atomic E-state index is 11.6. The van der Waals surface area contributed by atoms with Crippen molar-refractivity contribution < 1.29 is 4.79 Å². The molecule has 3 nitrogen and oxygen atoms in total. The first-order valence-corrected chi connectivity index (χ1v) is 6.78. The maximum Gasteiger partial charge on any atom is 0.222 e. The molecule has 1 aromatic rings. The Kier molecular flexibility index (Phi) is 4.05. The van der Waals surface area contributed by atoms with Gasteiger partial charge in [0.1, 0.15) is 0 Å². The molecule has 0 atom stereocenters. The number of hydrogen-bond donors (Lipinski definition) is 0. The predicted octanol–water partition coefficient (Wildman–Crippen LogP) is 2.51. The topological polar surface area (TPSA) is 23.6 Å². The van der Waals surface area contributed by atoms with Crippen LogP contribution in [-0.2, 0) is 4.79 Å². The van der Waals surface area contributed by atoms with E-state index in [1.54, 1.807) is 0 Å². The summed E-state index contributed by atoms with van der Waals surface area (Å²) < 4.78 is 1.10. The third kappa shape index (κ3) is 3.00. The summed E-state index contributed by atoms with van der Waals surface area (Å²) in [5.41, 5.74) is 1.23. The number of carbonyl (C=O) groups is 1. The molecule has 1 aromatic carbocycles. The average molecular weight is 297 g/mol. The van der Waals surface area contributed by atoms with Crippen molar-refractivity contribution in [3.63, 3.8) is 0 Å². The number of amides is 1. The minimum absolute atomic E-state index is 0.264. The van der Waals surface area contributed by atoms with Crippen molar-refractivity contribution in [2.45, 2.75) is 13.3 Å². The van der Waals surface area contributed by atoms with E-state index in [4.69, 9.17) is 0 Å². The Labute approximate surface area is 111 Å². The Morgan fingerprint density at radius 1 is 1.18 bits per heavy atom. The first kappa shape index (κ1) is 12.4. The van der Waals surface area contributed by atoms with Crippen molar-refractivity contribution in [3.05, 3.63) is 28.7 Å². The number of piperazine rings is 1. The van der Waals surface area contributed by atoms with Crippen LogP contribution in [0.4, 0.5) is 5.69 Å². The van der Waals surface area contributed by atoms with Gasteiger partial charge in [-0.05, 0) is 24.3 Å². The summed E-state index contributed by atoms with van der Waals surface area (Å²) in [6.45, 7) is 5.44. The standard InChI is InChI=1S/C13H17BrN2O/c1-2-13(17)16-9-7-15(8-10-16)12-5-3-11(14)4-6-12/h3-6H,2,7-10H2,1H3. The van der Waals surface area contributed by atoms with Crippen LogP contribution in [0.2, 0.25) is 0 Å². The summed E-state index contributed by atoms with van der Waals surface area (Å²) >= 11 is 3.44. The van der Waals surface area contributed by atoms with Crippen LogP contribution in [0, 0.1) is 0 Å². The SMILES string of the molecule is CCC(=O)N1CCN(c2ccc(Br)cc2)CC1. The predicted molar refractivity (Wildman–Crippen MR) is 73.2 cm³/mol. The fourth-order valence-corrected chi connectivity index (χ4v) is 2.35. The van der Waals surface area contributed by atoms with E-state index in [1.807, 2.05) is 11.8 Å². The molecule has 2 rings (SSSR count). The molecular formula is C13H17BrN2O. The van der Waals surface area contributed by atoms with Crippen LogP contribution in [-0.4, -0.2) is 37.0 Å². The number of benzene rings is 1. The number of nitrogens with zero attached hydrogens (tertiary/aromatic N) is 2. The Balaban J connectivity index is 1.95. The van der Waals surface area contributed by atoms with Gasteiger partial charge in [0.2, 0.25) is 5.91 Å². The smallest absolute Gasteiger partial charge is 0.222 e. The lowest BCUT2D eigenvalue weighted by atomic mass is 10.2. The van der Waals surface area contributed by atoms with E-state index in [1.165, 1.54) is 5.69 Å². The summed E-state index contributed by atoms with van der Waals surface area (Å²) in [6.07, 6.45) is 0.609. The molecule has 4 heteroatoms. The lowest BCUT2D eigenvalue weighted by Gasteiger charge is -2.36. The van der Waals surface area contributed by atoms with Gasteiger partial charge in [0.05, 0.1) is 0 Å². The highest BCUT2D eigenvalue weighted by atomic mass is 79.9. The first-order chi connectivity index (χ1) is 8.20.